The molecule has 0 aliphatic carbocycles. The van der Waals surface area contributed by atoms with Gasteiger partial charge in [-0.05, 0) is 38.0 Å². The third-order valence-corrected chi connectivity index (χ3v) is 3.85. The molecule has 3 rings (SSSR count). The van der Waals surface area contributed by atoms with Gasteiger partial charge in [-0.15, -0.1) is 0 Å². The topological polar surface area (TPSA) is 23.5 Å². The average molecular weight is 253 g/mol. The van der Waals surface area contributed by atoms with Crippen LogP contribution in [0.4, 0.5) is 11.4 Å². The van der Waals surface area contributed by atoms with Gasteiger partial charge < -0.3 is 10.0 Å². The van der Waals surface area contributed by atoms with E-state index < -0.39 is 6.10 Å². The van der Waals surface area contributed by atoms with Crippen LogP contribution in [0.1, 0.15) is 31.1 Å². The smallest absolute Gasteiger partial charge is 0.0782 e. The lowest BCUT2D eigenvalue weighted by molar-refractivity contribution is 0.199. The standard InChI is InChI=1S/C17H19NO/c1-12-11-14-7-3-5-9-16(14)18(12)17-10-6-4-8-15(17)13(2)19/h3-10,12-13,19H,11H2,1-2H3. The molecule has 2 atom stereocenters. The van der Waals surface area contributed by atoms with Gasteiger partial charge in [0.2, 0.25) is 0 Å². The van der Waals surface area contributed by atoms with Crippen molar-refractivity contribution in [1.29, 1.82) is 0 Å². The van der Waals surface area contributed by atoms with Crippen LogP contribution in [0.25, 0.3) is 0 Å². The predicted octanol–water partition coefficient (Wildman–Crippen LogP) is 3.82. The van der Waals surface area contributed by atoms with E-state index >= 15 is 0 Å². The Kier molecular flexibility index (Phi) is 3.03. The van der Waals surface area contributed by atoms with Crippen LogP contribution >= 0.6 is 0 Å². The van der Waals surface area contributed by atoms with Gasteiger partial charge in [-0.2, -0.15) is 0 Å². The van der Waals surface area contributed by atoms with Crippen molar-refractivity contribution in [2.45, 2.75) is 32.4 Å². The van der Waals surface area contributed by atoms with E-state index in [9.17, 15) is 5.11 Å². The predicted molar refractivity (Wildman–Crippen MR) is 78.8 cm³/mol. The Balaban J connectivity index is 2.13. The van der Waals surface area contributed by atoms with Gasteiger partial charge in [0.1, 0.15) is 0 Å². The van der Waals surface area contributed by atoms with Crippen LogP contribution in [0.5, 0.6) is 0 Å². The maximum absolute atomic E-state index is 9.97. The SMILES string of the molecule is CC(O)c1ccccc1N1c2ccccc2CC1C. The quantitative estimate of drug-likeness (QED) is 0.879. The lowest BCUT2D eigenvalue weighted by Gasteiger charge is -2.28. The molecule has 0 spiro atoms. The van der Waals surface area contributed by atoms with Gasteiger partial charge in [0.15, 0.2) is 0 Å². The molecule has 2 aromatic rings. The number of anilines is 2. The molecule has 0 bridgehead atoms. The Morgan fingerprint density at radius 1 is 1.05 bits per heavy atom. The maximum Gasteiger partial charge on any atom is 0.0782 e. The van der Waals surface area contributed by atoms with Crippen molar-refractivity contribution >= 4 is 11.4 Å². The maximum atomic E-state index is 9.97. The lowest BCUT2D eigenvalue weighted by atomic mass is 10.1. The summed E-state index contributed by atoms with van der Waals surface area (Å²) in [7, 11) is 0. The van der Waals surface area contributed by atoms with Crippen LogP contribution in [-0.4, -0.2) is 11.1 Å². The van der Waals surface area contributed by atoms with Crippen LogP contribution in [-0.2, 0) is 6.42 Å². The van der Waals surface area contributed by atoms with E-state index in [0.29, 0.717) is 6.04 Å². The van der Waals surface area contributed by atoms with Gasteiger partial charge in [0.05, 0.1) is 6.10 Å². The molecule has 2 nitrogen and oxygen atoms in total. The second-order valence-electron chi connectivity index (χ2n) is 5.29. The summed E-state index contributed by atoms with van der Waals surface area (Å²) in [5.74, 6) is 0. The molecule has 98 valence electrons. The minimum absolute atomic E-state index is 0.428. The van der Waals surface area contributed by atoms with Gasteiger partial charge in [-0.25, -0.2) is 0 Å². The zero-order valence-corrected chi connectivity index (χ0v) is 11.4. The number of hydrogen-bond acceptors (Lipinski definition) is 2. The highest BCUT2D eigenvalue weighted by molar-refractivity contribution is 5.73. The van der Waals surface area contributed by atoms with Crippen molar-refractivity contribution < 1.29 is 5.11 Å². The summed E-state index contributed by atoms with van der Waals surface area (Å²) in [5.41, 5.74) is 4.76. The highest BCUT2D eigenvalue weighted by Gasteiger charge is 2.28. The molecule has 0 aromatic heterocycles. The third-order valence-electron chi connectivity index (χ3n) is 3.85. The molecule has 0 radical (unpaired) electrons. The Labute approximate surface area is 114 Å². The van der Waals surface area contributed by atoms with Crippen LogP contribution in [0, 0.1) is 0 Å². The molecule has 2 aromatic carbocycles. The molecule has 1 aliphatic heterocycles. The Hall–Kier alpha value is -1.80. The second kappa shape index (κ2) is 4.71. The van der Waals surface area contributed by atoms with E-state index in [1.165, 1.54) is 11.3 Å². The number of nitrogens with zero attached hydrogens (tertiary/aromatic N) is 1. The average Bonchev–Trinajstić information content (AvgIpc) is 2.74. The largest absolute Gasteiger partial charge is 0.389 e. The van der Waals surface area contributed by atoms with Crippen molar-refractivity contribution in [1.82, 2.24) is 0 Å². The van der Waals surface area contributed by atoms with Gasteiger partial charge >= 0.3 is 0 Å². The summed E-state index contributed by atoms with van der Waals surface area (Å²) in [5, 5.41) is 9.97. The van der Waals surface area contributed by atoms with Crippen molar-refractivity contribution in [2.24, 2.45) is 0 Å². The zero-order chi connectivity index (χ0) is 13.4. The van der Waals surface area contributed by atoms with Crippen molar-refractivity contribution in [3.8, 4) is 0 Å². The van der Waals surface area contributed by atoms with E-state index in [1.54, 1.807) is 0 Å². The van der Waals surface area contributed by atoms with Crippen LogP contribution < -0.4 is 4.90 Å². The zero-order valence-electron chi connectivity index (χ0n) is 11.4. The Bertz CT molecular complexity index is 591. The van der Waals surface area contributed by atoms with Gasteiger partial charge in [-0.1, -0.05) is 36.4 Å². The fraction of sp³-hybridized carbons (Fsp3) is 0.294. The fourth-order valence-corrected chi connectivity index (χ4v) is 2.99. The Morgan fingerprint density at radius 3 is 2.42 bits per heavy atom. The highest BCUT2D eigenvalue weighted by atomic mass is 16.3. The molecule has 0 saturated heterocycles. The summed E-state index contributed by atoms with van der Waals surface area (Å²) in [6.07, 6.45) is 0.612. The molecule has 0 fully saturated rings. The first-order valence-electron chi connectivity index (χ1n) is 6.82. The summed E-state index contributed by atoms with van der Waals surface area (Å²) in [6, 6.07) is 17.1. The number of rotatable bonds is 2. The van der Waals surface area contributed by atoms with Crippen molar-refractivity contribution in [3.63, 3.8) is 0 Å². The molecule has 2 unspecified atom stereocenters. The molecule has 19 heavy (non-hydrogen) atoms. The number of benzene rings is 2. The summed E-state index contributed by atoms with van der Waals surface area (Å²) in [6.45, 7) is 4.06. The number of fused-ring (bicyclic) bond motifs is 1. The van der Waals surface area contributed by atoms with E-state index in [0.717, 1.165) is 17.7 Å². The number of aliphatic hydroxyl groups is 1. The lowest BCUT2D eigenvalue weighted by Crippen LogP contribution is -2.25. The molecule has 1 heterocycles. The van der Waals surface area contributed by atoms with Crippen molar-refractivity contribution in [2.75, 3.05) is 4.90 Å². The third kappa shape index (κ3) is 2.02. The van der Waals surface area contributed by atoms with Gasteiger partial charge in [0, 0.05) is 23.0 Å². The Morgan fingerprint density at radius 2 is 1.68 bits per heavy atom. The van der Waals surface area contributed by atoms with Crippen LogP contribution in [0.2, 0.25) is 0 Å². The van der Waals surface area contributed by atoms with E-state index in [1.807, 2.05) is 25.1 Å². The molecular weight excluding hydrogens is 234 g/mol. The summed E-state index contributed by atoms with van der Waals surface area (Å²) < 4.78 is 0. The fourth-order valence-electron chi connectivity index (χ4n) is 2.99. The van der Waals surface area contributed by atoms with Gasteiger partial charge in [-0.3, -0.25) is 0 Å². The molecular formula is C17H19NO. The van der Waals surface area contributed by atoms with E-state index in [-0.39, 0.29) is 0 Å². The molecule has 2 heteroatoms. The first kappa shape index (κ1) is 12.2. The van der Waals surface area contributed by atoms with Gasteiger partial charge in [0.25, 0.3) is 0 Å². The summed E-state index contributed by atoms with van der Waals surface area (Å²) >= 11 is 0. The number of hydrogen-bond donors (Lipinski definition) is 1. The normalized spacial score (nSPS) is 19.3. The minimum atomic E-state index is -0.448. The van der Waals surface area contributed by atoms with Crippen LogP contribution in [0.3, 0.4) is 0 Å². The first-order chi connectivity index (χ1) is 9.18. The highest BCUT2D eigenvalue weighted by Crippen LogP contribution is 2.40. The minimum Gasteiger partial charge on any atom is -0.389 e. The molecule has 1 aliphatic rings. The second-order valence-corrected chi connectivity index (χ2v) is 5.29. The van der Waals surface area contributed by atoms with E-state index in [4.69, 9.17) is 0 Å². The number of aliphatic hydroxyl groups excluding tert-OH is 1. The molecule has 1 N–H and O–H groups in total. The van der Waals surface area contributed by atoms with E-state index in [2.05, 4.69) is 42.2 Å². The molecule has 0 saturated carbocycles. The first-order valence-corrected chi connectivity index (χ1v) is 6.82. The monoisotopic (exact) mass is 253 g/mol. The van der Waals surface area contributed by atoms with Crippen molar-refractivity contribution in [3.05, 3.63) is 59.7 Å². The number of para-hydroxylation sites is 2. The van der Waals surface area contributed by atoms with Crippen LogP contribution in [0.15, 0.2) is 48.5 Å². The molecule has 0 amide bonds. The summed E-state index contributed by atoms with van der Waals surface area (Å²) in [4.78, 5) is 2.34.